The molecule has 5 heteroatoms. The van der Waals surface area contributed by atoms with Crippen LogP contribution < -0.4 is 5.43 Å². The van der Waals surface area contributed by atoms with Crippen molar-refractivity contribution >= 4 is 27.9 Å². The summed E-state index contributed by atoms with van der Waals surface area (Å²) in [4.78, 5) is 24.2. The third-order valence-corrected chi connectivity index (χ3v) is 3.16. The molecule has 1 N–H and O–H groups in total. The van der Waals surface area contributed by atoms with E-state index in [1.807, 2.05) is 0 Å². The molecule has 0 saturated carbocycles. The average molecular weight is 284 g/mol. The molecule has 0 radical (unpaired) electrons. The minimum Gasteiger partial charge on any atom is -0.508 e. The lowest BCUT2D eigenvalue weighted by molar-refractivity contribution is 0.0526. The van der Waals surface area contributed by atoms with Crippen LogP contribution in [0, 0.1) is 0 Å². The van der Waals surface area contributed by atoms with E-state index in [1.54, 1.807) is 19.1 Å². The summed E-state index contributed by atoms with van der Waals surface area (Å²) in [6, 6.07) is 8.89. The maximum atomic E-state index is 12.4. The van der Waals surface area contributed by atoms with Crippen LogP contribution in [0.15, 0.2) is 45.6 Å². The van der Waals surface area contributed by atoms with Crippen molar-refractivity contribution in [2.24, 2.45) is 0 Å². The van der Waals surface area contributed by atoms with E-state index in [-0.39, 0.29) is 34.1 Å². The van der Waals surface area contributed by atoms with Crippen molar-refractivity contribution in [1.82, 2.24) is 0 Å². The number of hydrogen-bond acceptors (Lipinski definition) is 5. The van der Waals surface area contributed by atoms with Gasteiger partial charge >= 0.3 is 5.97 Å². The summed E-state index contributed by atoms with van der Waals surface area (Å²) in [5.41, 5.74) is 0.755. The third kappa shape index (κ3) is 2.23. The van der Waals surface area contributed by atoms with Crippen molar-refractivity contribution in [3.8, 4) is 5.75 Å². The highest BCUT2D eigenvalue weighted by Gasteiger charge is 2.12. The van der Waals surface area contributed by atoms with E-state index >= 15 is 0 Å². The molecule has 0 unspecified atom stereocenters. The Kier molecular flexibility index (Phi) is 3.10. The Labute approximate surface area is 119 Å². The summed E-state index contributed by atoms with van der Waals surface area (Å²) in [6.07, 6.45) is 0. The zero-order chi connectivity index (χ0) is 15.0. The van der Waals surface area contributed by atoms with Crippen molar-refractivity contribution in [3.63, 3.8) is 0 Å². The van der Waals surface area contributed by atoms with Gasteiger partial charge in [0.15, 0.2) is 0 Å². The molecule has 0 fully saturated rings. The highest BCUT2D eigenvalue weighted by Crippen LogP contribution is 2.22. The molecule has 0 amide bonds. The van der Waals surface area contributed by atoms with Gasteiger partial charge in [-0.25, -0.2) is 4.79 Å². The number of aromatic hydroxyl groups is 1. The van der Waals surface area contributed by atoms with Crippen LogP contribution in [0.1, 0.15) is 17.3 Å². The highest BCUT2D eigenvalue weighted by molar-refractivity contribution is 5.96. The monoisotopic (exact) mass is 284 g/mol. The van der Waals surface area contributed by atoms with E-state index in [2.05, 4.69) is 0 Å². The molecule has 0 spiro atoms. The highest BCUT2D eigenvalue weighted by atomic mass is 16.5. The van der Waals surface area contributed by atoms with E-state index in [0.29, 0.717) is 11.2 Å². The van der Waals surface area contributed by atoms with Gasteiger partial charge in [0.25, 0.3) is 0 Å². The molecular weight excluding hydrogens is 272 g/mol. The van der Waals surface area contributed by atoms with Crippen molar-refractivity contribution in [3.05, 3.63) is 52.2 Å². The third-order valence-electron chi connectivity index (χ3n) is 3.16. The summed E-state index contributed by atoms with van der Waals surface area (Å²) in [5, 5.41) is 10.0. The molecular formula is C16H12O5. The number of phenols is 1. The molecule has 21 heavy (non-hydrogen) atoms. The van der Waals surface area contributed by atoms with Crippen LogP contribution in [0.2, 0.25) is 0 Å². The number of benzene rings is 2. The summed E-state index contributed by atoms with van der Waals surface area (Å²) in [6.45, 7) is 1.97. The maximum absolute atomic E-state index is 12.4. The topological polar surface area (TPSA) is 76.7 Å². The molecule has 0 aliphatic rings. The summed E-state index contributed by atoms with van der Waals surface area (Å²) < 4.78 is 10.5. The molecule has 3 aromatic rings. The van der Waals surface area contributed by atoms with Gasteiger partial charge in [-0.1, -0.05) is 0 Å². The summed E-state index contributed by atoms with van der Waals surface area (Å²) in [7, 11) is 0. The van der Waals surface area contributed by atoms with Gasteiger partial charge in [0.05, 0.1) is 22.9 Å². The van der Waals surface area contributed by atoms with Crippen molar-refractivity contribution < 1.29 is 19.1 Å². The number of hydrogen-bond donors (Lipinski definition) is 1. The molecule has 3 rings (SSSR count). The normalized spacial score (nSPS) is 10.9. The SMILES string of the molecule is CCOC(=O)c1ccc2oc3ccc(O)cc3c(=O)c2c1. The fourth-order valence-corrected chi connectivity index (χ4v) is 2.19. The van der Waals surface area contributed by atoms with E-state index in [0.717, 1.165) is 0 Å². The van der Waals surface area contributed by atoms with Gasteiger partial charge in [-0.05, 0) is 43.3 Å². The maximum Gasteiger partial charge on any atom is 0.338 e. The van der Waals surface area contributed by atoms with E-state index < -0.39 is 5.97 Å². The second kappa shape index (κ2) is 4.94. The molecule has 106 valence electrons. The molecule has 0 saturated heterocycles. The van der Waals surface area contributed by atoms with Gasteiger partial charge in [0.2, 0.25) is 5.43 Å². The van der Waals surface area contributed by atoms with Crippen LogP contribution in [-0.4, -0.2) is 17.7 Å². The molecule has 1 heterocycles. The first-order valence-electron chi connectivity index (χ1n) is 6.47. The van der Waals surface area contributed by atoms with Crippen molar-refractivity contribution in [2.45, 2.75) is 6.92 Å². The molecule has 5 nitrogen and oxygen atoms in total. The number of fused-ring (bicyclic) bond motifs is 2. The van der Waals surface area contributed by atoms with Crippen LogP contribution >= 0.6 is 0 Å². The second-order valence-corrected chi connectivity index (χ2v) is 4.54. The lowest BCUT2D eigenvalue weighted by atomic mass is 10.1. The van der Waals surface area contributed by atoms with E-state index in [9.17, 15) is 14.7 Å². The van der Waals surface area contributed by atoms with Gasteiger partial charge in [-0.2, -0.15) is 0 Å². The first-order valence-corrected chi connectivity index (χ1v) is 6.47. The van der Waals surface area contributed by atoms with Gasteiger partial charge in [0.1, 0.15) is 16.9 Å². The largest absolute Gasteiger partial charge is 0.508 e. The summed E-state index contributed by atoms with van der Waals surface area (Å²) in [5.74, 6) is -0.509. The molecule has 0 aliphatic carbocycles. The quantitative estimate of drug-likeness (QED) is 0.578. The zero-order valence-electron chi connectivity index (χ0n) is 11.3. The first-order chi connectivity index (χ1) is 10.1. The molecule has 1 aromatic heterocycles. The Balaban J connectivity index is 2.29. The van der Waals surface area contributed by atoms with E-state index in [4.69, 9.17) is 9.15 Å². The molecule has 0 bridgehead atoms. The Bertz CT molecular complexity index is 908. The smallest absolute Gasteiger partial charge is 0.338 e. The second-order valence-electron chi connectivity index (χ2n) is 4.54. The van der Waals surface area contributed by atoms with Gasteiger partial charge in [-0.15, -0.1) is 0 Å². The van der Waals surface area contributed by atoms with Gasteiger partial charge in [0, 0.05) is 0 Å². The number of ether oxygens (including phenoxy) is 1. The van der Waals surface area contributed by atoms with Crippen molar-refractivity contribution in [2.75, 3.05) is 6.61 Å². The minimum absolute atomic E-state index is 0.0179. The van der Waals surface area contributed by atoms with Crippen molar-refractivity contribution in [1.29, 1.82) is 0 Å². The minimum atomic E-state index is -0.491. The Morgan fingerprint density at radius 1 is 1.14 bits per heavy atom. The number of carbonyl (C=O) groups is 1. The van der Waals surface area contributed by atoms with Crippen LogP contribution in [0.5, 0.6) is 5.75 Å². The first kappa shape index (κ1) is 13.2. The standard InChI is InChI=1S/C16H12O5/c1-2-20-16(19)9-3-5-13-11(7-9)15(18)12-8-10(17)4-6-14(12)21-13/h3-8,17H,2H2,1H3. The molecule has 0 atom stereocenters. The Morgan fingerprint density at radius 3 is 2.52 bits per heavy atom. The number of rotatable bonds is 2. The predicted molar refractivity (Wildman–Crippen MR) is 77.6 cm³/mol. The zero-order valence-corrected chi connectivity index (χ0v) is 11.3. The Morgan fingerprint density at radius 2 is 1.81 bits per heavy atom. The summed E-state index contributed by atoms with van der Waals surface area (Å²) >= 11 is 0. The fraction of sp³-hybridized carbons (Fsp3) is 0.125. The van der Waals surface area contributed by atoms with E-state index in [1.165, 1.54) is 24.3 Å². The number of esters is 1. The lowest BCUT2D eigenvalue weighted by Crippen LogP contribution is -2.07. The molecule has 0 aliphatic heterocycles. The van der Waals surface area contributed by atoms with Crippen LogP contribution in [0.4, 0.5) is 0 Å². The van der Waals surface area contributed by atoms with Gasteiger partial charge in [-0.3, -0.25) is 4.79 Å². The predicted octanol–water partition coefficient (Wildman–Crippen LogP) is 2.83. The average Bonchev–Trinajstić information content (AvgIpc) is 2.48. The van der Waals surface area contributed by atoms with Gasteiger partial charge < -0.3 is 14.3 Å². The number of phenolic OH excluding ortho intramolecular Hbond substituents is 1. The van der Waals surface area contributed by atoms with Crippen LogP contribution in [-0.2, 0) is 4.74 Å². The fourth-order valence-electron chi connectivity index (χ4n) is 2.19. The lowest BCUT2D eigenvalue weighted by Gasteiger charge is -2.04. The van der Waals surface area contributed by atoms with Crippen LogP contribution in [0.25, 0.3) is 21.9 Å². The van der Waals surface area contributed by atoms with Crippen LogP contribution in [0.3, 0.4) is 0 Å². The number of carbonyl (C=O) groups excluding carboxylic acids is 1. The Hall–Kier alpha value is -2.82. The molecule has 2 aromatic carbocycles.